The number of hydrogen-bond acceptors (Lipinski definition) is 3. The van der Waals surface area contributed by atoms with Gasteiger partial charge in [-0.25, -0.2) is 0 Å². The topological polar surface area (TPSA) is 66.8 Å². The number of aliphatic carboxylic acids is 1. The highest BCUT2D eigenvalue weighted by Crippen LogP contribution is 2.41. The fraction of sp³-hybridized carbons (Fsp3) is 0.300. The van der Waals surface area contributed by atoms with Gasteiger partial charge < -0.3 is 14.7 Å². The lowest BCUT2D eigenvalue weighted by Gasteiger charge is -2.27. The number of benzene rings is 2. The average Bonchev–Trinajstić information content (AvgIpc) is 3.00. The van der Waals surface area contributed by atoms with Gasteiger partial charge in [0.05, 0.1) is 18.2 Å². The quantitative estimate of drug-likeness (QED) is 0.909. The Morgan fingerprint density at radius 3 is 2.20 bits per heavy atom. The van der Waals surface area contributed by atoms with Crippen molar-refractivity contribution in [3.8, 4) is 5.75 Å². The molecule has 3 rings (SSSR count). The van der Waals surface area contributed by atoms with Crippen LogP contribution < -0.4 is 9.64 Å². The second-order valence-electron chi connectivity index (χ2n) is 6.51. The summed E-state index contributed by atoms with van der Waals surface area (Å²) in [7, 11) is 3.20. The summed E-state index contributed by atoms with van der Waals surface area (Å²) in [5.74, 6) is -0.581. The van der Waals surface area contributed by atoms with Gasteiger partial charge in [0.2, 0.25) is 5.91 Å². The van der Waals surface area contributed by atoms with Crippen LogP contribution in [0.2, 0.25) is 0 Å². The number of carbonyl (C=O) groups is 2. The summed E-state index contributed by atoms with van der Waals surface area (Å²) < 4.78 is 5.30. The van der Waals surface area contributed by atoms with E-state index in [4.69, 9.17) is 4.74 Å². The number of amides is 1. The monoisotopic (exact) mass is 339 g/mol. The molecule has 0 saturated carbocycles. The highest BCUT2D eigenvalue weighted by molar-refractivity contribution is 5.97. The molecule has 1 aliphatic carbocycles. The van der Waals surface area contributed by atoms with E-state index < -0.39 is 11.4 Å². The Labute approximate surface area is 146 Å². The second-order valence-corrected chi connectivity index (χ2v) is 6.51. The summed E-state index contributed by atoms with van der Waals surface area (Å²) in [5, 5.41) is 9.84. The van der Waals surface area contributed by atoms with Gasteiger partial charge in [0.25, 0.3) is 0 Å². The summed E-state index contributed by atoms with van der Waals surface area (Å²) in [6, 6.07) is 14.9. The zero-order chi connectivity index (χ0) is 18.0. The predicted octanol–water partition coefficient (Wildman–Crippen LogP) is 2.92. The predicted molar refractivity (Wildman–Crippen MR) is 94.9 cm³/mol. The molecule has 1 N–H and O–H groups in total. The minimum absolute atomic E-state index is 0.0500. The van der Waals surface area contributed by atoms with Crippen LogP contribution in [0.5, 0.6) is 5.75 Å². The molecule has 2 aromatic carbocycles. The number of nitrogens with zero attached hydrogens (tertiary/aromatic N) is 1. The summed E-state index contributed by atoms with van der Waals surface area (Å²) in [5.41, 5.74) is 1.57. The smallest absolute Gasteiger partial charge is 0.310 e. The molecule has 5 heteroatoms. The fourth-order valence-corrected chi connectivity index (χ4v) is 3.50. The first-order valence-corrected chi connectivity index (χ1v) is 8.16. The molecular formula is C20H21NO4. The number of ether oxygens (including phenoxy) is 1. The van der Waals surface area contributed by atoms with Gasteiger partial charge in [-0.2, -0.15) is 0 Å². The summed E-state index contributed by atoms with van der Waals surface area (Å²) in [6.45, 7) is 0. The van der Waals surface area contributed by atoms with Crippen molar-refractivity contribution < 1.29 is 19.4 Å². The van der Waals surface area contributed by atoms with E-state index >= 15 is 0 Å². The normalized spacial score (nSPS) is 14.6. The van der Waals surface area contributed by atoms with E-state index in [-0.39, 0.29) is 12.3 Å². The lowest BCUT2D eigenvalue weighted by molar-refractivity contribution is -0.150. The van der Waals surface area contributed by atoms with Crippen molar-refractivity contribution in [1.82, 2.24) is 0 Å². The molecule has 0 bridgehead atoms. The minimum Gasteiger partial charge on any atom is -0.495 e. The average molecular weight is 339 g/mol. The number of carbonyl (C=O) groups excluding carboxylic acids is 1. The SMILES string of the molecule is COc1ccccc1N(C)C(=O)CC1(C(=O)O)Cc2ccccc2C1. The molecule has 0 fully saturated rings. The fourth-order valence-electron chi connectivity index (χ4n) is 3.50. The molecule has 0 aromatic heterocycles. The molecule has 0 atom stereocenters. The number of rotatable bonds is 5. The minimum atomic E-state index is -1.09. The molecule has 5 nitrogen and oxygen atoms in total. The summed E-state index contributed by atoms with van der Waals surface area (Å²) in [4.78, 5) is 26.3. The van der Waals surface area contributed by atoms with E-state index in [1.54, 1.807) is 26.3 Å². The van der Waals surface area contributed by atoms with Gasteiger partial charge >= 0.3 is 5.97 Å². The van der Waals surface area contributed by atoms with Crippen molar-refractivity contribution in [3.05, 3.63) is 59.7 Å². The zero-order valence-electron chi connectivity index (χ0n) is 14.4. The Morgan fingerprint density at radius 1 is 1.08 bits per heavy atom. The molecule has 0 unspecified atom stereocenters. The summed E-state index contributed by atoms with van der Waals surface area (Å²) in [6.07, 6.45) is 0.708. The van der Waals surface area contributed by atoms with E-state index in [9.17, 15) is 14.7 Å². The maximum absolute atomic E-state index is 12.8. The number of anilines is 1. The summed E-state index contributed by atoms with van der Waals surface area (Å²) >= 11 is 0. The lowest BCUT2D eigenvalue weighted by atomic mass is 9.81. The van der Waals surface area contributed by atoms with E-state index in [0.29, 0.717) is 24.3 Å². The molecular weight excluding hydrogens is 318 g/mol. The van der Waals surface area contributed by atoms with Gasteiger partial charge in [0.15, 0.2) is 0 Å². The van der Waals surface area contributed by atoms with Crippen LogP contribution in [-0.4, -0.2) is 31.1 Å². The number of carboxylic acid groups (broad SMARTS) is 1. The van der Waals surface area contributed by atoms with Crippen LogP contribution in [0.25, 0.3) is 0 Å². The van der Waals surface area contributed by atoms with Crippen LogP contribution in [-0.2, 0) is 22.4 Å². The maximum atomic E-state index is 12.8. The standard InChI is InChI=1S/C20H21NO4/c1-21(16-9-5-6-10-17(16)25-2)18(22)13-20(19(23)24)11-14-7-3-4-8-15(14)12-20/h3-10H,11-13H2,1-2H3,(H,23,24). The molecule has 2 aromatic rings. The van der Waals surface area contributed by atoms with Gasteiger partial charge in [0, 0.05) is 13.5 Å². The lowest BCUT2D eigenvalue weighted by Crippen LogP contribution is -2.39. The Bertz CT molecular complexity index is 790. The highest BCUT2D eigenvalue weighted by Gasteiger charge is 2.46. The first-order chi connectivity index (χ1) is 12.0. The van der Waals surface area contributed by atoms with Crippen molar-refractivity contribution in [3.63, 3.8) is 0 Å². The van der Waals surface area contributed by atoms with E-state index in [0.717, 1.165) is 11.1 Å². The maximum Gasteiger partial charge on any atom is 0.310 e. The van der Waals surface area contributed by atoms with Crippen LogP contribution in [0.1, 0.15) is 17.5 Å². The Hall–Kier alpha value is -2.82. The number of carboxylic acids is 1. The van der Waals surface area contributed by atoms with Gasteiger partial charge in [0.1, 0.15) is 5.75 Å². The molecule has 0 heterocycles. The molecule has 0 aliphatic heterocycles. The molecule has 1 amide bonds. The number of para-hydroxylation sites is 2. The zero-order valence-corrected chi connectivity index (χ0v) is 14.4. The van der Waals surface area contributed by atoms with Crippen LogP contribution >= 0.6 is 0 Å². The first kappa shape index (κ1) is 17.0. The molecule has 130 valence electrons. The number of hydrogen-bond donors (Lipinski definition) is 1. The van der Waals surface area contributed by atoms with Crippen LogP contribution in [0.15, 0.2) is 48.5 Å². The van der Waals surface area contributed by atoms with Crippen LogP contribution in [0, 0.1) is 5.41 Å². The van der Waals surface area contributed by atoms with Gasteiger partial charge in [-0.05, 0) is 36.1 Å². The Kier molecular flexibility index (Phi) is 4.49. The molecule has 25 heavy (non-hydrogen) atoms. The van der Waals surface area contributed by atoms with Crippen LogP contribution in [0.4, 0.5) is 5.69 Å². The third kappa shape index (κ3) is 3.09. The van der Waals surface area contributed by atoms with E-state index in [1.165, 1.54) is 4.90 Å². The van der Waals surface area contributed by atoms with Crippen molar-refractivity contribution in [2.75, 3.05) is 19.1 Å². The third-order valence-electron chi connectivity index (χ3n) is 4.94. The molecule has 1 aliphatic rings. The highest BCUT2D eigenvalue weighted by atomic mass is 16.5. The molecule has 0 spiro atoms. The second kappa shape index (κ2) is 6.59. The van der Waals surface area contributed by atoms with Crippen LogP contribution in [0.3, 0.4) is 0 Å². The van der Waals surface area contributed by atoms with Crippen molar-refractivity contribution in [1.29, 1.82) is 0 Å². The Morgan fingerprint density at radius 2 is 1.64 bits per heavy atom. The van der Waals surface area contributed by atoms with Crippen molar-refractivity contribution in [2.24, 2.45) is 5.41 Å². The van der Waals surface area contributed by atoms with Crippen molar-refractivity contribution in [2.45, 2.75) is 19.3 Å². The number of methoxy groups -OCH3 is 1. The molecule has 0 saturated heterocycles. The van der Waals surface area contributed by atoms with Gasteiger partial charge in [-0.15, -0.1) is 0 Å². The number of fused-ring (bicyclic) bond motifs is 1. The van der Waals surface area contributed by atoms with Gasteiger partial charge in [-0.3, -0.25) is 9.59 Å². The van der Waals surface area contributed by atoms with Gasteiger partial charge in [-0.1, -0.05) is 36.4 Å². The van der Waals surface area contributed by atoms with E-state index in [1.807, 2.05) is 36.4 Å². The Balaban J connectivity index is 1.84. The largest absolute Gasteiger partial charge is 0.495 e. The van der Waals surface area contributed by atoms with Crippen molar-refractivity contribution >= 4 is 17.6 Å². The van der Waals surface area contributed by atoms with E-state index in [2.05, 4.69) is 0 Å². The molecule has 0 radical (unpaired) electrons. The first-order valence-electron chi connectivity index (χ1n) is 8.16. The third-order valence-corrected chi connectivity index (χ3v) is 4.94.